The van der Waals surface area contributed by atoms with Gasteiger partial charge in [0.25, 0.3) is 5.56 Å². The Morgan fingerprint density at radius 2 is 1.74 bits per heavy atom. The van der Waals surface area contributed by atoms with Gasteiger partial charge in [-0.3, -0.25) is 18.7 Å². The van der Waals surface area contributed by atoms with Crippen LogP contribution in [0.15, 0.2) is 34.1 Å². The van der Waals surface area contributed by atoms with Crippen LogP contribution in [0.3, 0.4) is 0 Å². The molecule has 0 aliphatic carbocycles. The summed E-state index contributed by atoms with van der Waals surface area (Å²) in [6, 6.07) is 4.16. The first kappa shape index (κ1) is 18.4. The van der Waals surface area contributed by atoms with Crippen LogP contribution in [-0.2, 0) is 14.1 Å². The third-order valence-corrected chi connectivity index (χ3v) is 4.64. The van der Waals surface area contributed by atoms with Crippen molar-refractivity contribution in [1.29, 1.82) is 0 Å². The molecule has 0 amide bonds. The fourth-order valence-corrected chi connectivity index (χ4v) is 3.01. The Bertz CT molecular complexity index is 1150. The van der Waals surface area contributed by atoms with E-state index in [0.717, 1.165) is 4.57 Å². The average Bonchev–Trinajstić information content (AvgIpc) is 3.14. The Labute approximate surface area is 154 Å². The van der Waals surface area contributed by atoms with E-state index >= 15 is 0 Å². The van der Waals surface area contributed by atoms with Crippen molar-refractivity contribution in [3.8, 4) is 11.5 Å². The Kier molecular flexibility index (Phi) is 4.61. The number of aryl methyl sites for hydroxylation is 1. The monoisotopic (exact) mass is 372 g/mol. The topological polar surface area (TPSA) is 97.4 Å². The quantitative estimate of drug-likeness (QED) is 0.617. The van der Waals surface area contributed by atoms with Crippen molar-refractivity contribution in [2.75, 3.05) is 14.2 Å². The van der Waals surface area contributed by atoms with Gasteiger partial charge in [-0.1, -0.05) is 0 Å². The van der Waals surface area contributed by atoms with Crippen LogP contribution in [0, 0.1) is 0 Å². The second kappa shape index (κ2) is 6.75. The molecular formula is C18H20N4O5. The highest BCUT2D eigenvalue weighted by molar-refractivity contribution is 6.00. The second-order valence-corrected chi connectivity index (χ2v) is 6.14. The summed E-state index contributed by atoms with van der Waals surface area (Å²) in [5.41, 5.74) is -0.145. The number of nitrogens with zero attached hydrogens (tertiary/aromatic N) is 4. The van der Waals surface area contributed by atoms with Crippen LogP contribution in [0.25, 0.3) is 11.2 Å². The van der Waals surface area contributed by atoms with Crippen molar-refractivity contribution in [3.63, 3.8) is 0 Å². The van der Waals surface area contributed by atoms with E-state index in [4.69, 9.17) is 9.47 Å². The maximum Gasteiger partial charge on any atom is 0.332 e. The number of aromatic nitrogens is 4. The Morgan fingerprint density at radius 3 is 2.37 bits per heavy atom. The predicted molar refractivity (Wildman–Crippen MR) is 98.8 cm³/mol. The van der Waals surface area contributed by atoms with Gasteiger partial charge in [0.05, 0.1) is 26.6 Å². The summed E-state index contributed by atoms with van der Waals surface area (Å²) >= 11 is 0. The number of rotatable bonds is 5. The Hall–Kier alpha value is -3.36. The highest BCUT2D eigenvalue weighted by Gasteiger charge is 2.23. The molecule has 0 aliphatic rings. The summed E-state index contributed by atoms with van der Waals surface area (Å²) in [6.45, 7) is 1.67. The first-order valence-electron chi connectivity index (χ1n) is 8.20. The molecule has 3 rings (SSSR count). The van der Waals surface area contributed by atoms with Gasteiger partial charge < -0.3 is 14.0 Å². The summed E-state index contributed by atoms with van der Waals surface area (Å²) in [5.74, 6) is 0.717. The molecule has 0 aliphatic heterocycles. The zero-order chi connectivity index (χ0) is 19.9. The number of hydrogen-bond donors (Lipinski definition) is 0. The molecule has 2 heterocycles. The number of carbonyl (C=O) groups is 1. The smallest absolute Gasteiger partial charge is 0.332 e. The largest absolute Gasteiger partial charge is 0.493 e. The molecule has 0 bridgehead atoms. The van der Waals surface area contributed by atoms with E-state index in [9.17, 15) is 14.4 Å². The first-order chi connectivity index (χ1) is 12.8. The second-order valence-electron chi connectivity index (χ2n) is 6.14. The van der Waals surface area contributed by atoms with Gasteiger partial charge in [0.1, 0.15) is 0 Å². The van der Waals surface area contributed by atoms with Crippen LogP contribution >= 0.6 is 0 Å². The molecule has 2 aromatic heterocycles. The third-order valence-electron chi connectivity index (χ3n) is 4.64. The van der Waals surface area contributed by atoms with E-state index in [2.05, 4.69) is 4.98 Å². The number of imidazole rings is 1. The summed E-state index contributed by atoms with van der Waals surface area (Å²) in [6.07, 6.45) is 1.40. The minimum Gasteiger partial charge on any atom is -0.493 e. The van der Waals surface area contributed by atoms with E-state index in [0.29, 0.717) is 17.1 Å². The van der Waals surface area contributed by atoms with Crippen LogP contribution in [0.5, 0.6) is 11.5 Å². The highest BCUT2D eigenvalue weighted by Crippen LogP contribution is 2.29. The maximum atomic E-state index is 13.0. The predicted octanol–water partition coefficient (Wildman–Crippen LogP) is 0.895. The average molecular weight is 372 g/mol. The number of ether oxygens (including phenoxy) is 2. The highest BCUT2D eigenvalue weighted by atomic mass is 16.5. The zero-order valence-electron chi connectivity index (χ0n) is 15.7. The number of fused-ring (bicyclic) bond motifs is 1. The van der Waals surface area contributed by atoms with Crippen LogP contribution in [0.1, 0.15) is 23.3 Å². The number of benzene rings is 1. The summed E-state index contributed by atoms with van der Waals surface area (Å²) < 4.78 is 14.2. The maximum absolute atomic E-state index is 13.0. The molecular weight excluding hydrogens is 352 g/mol. The van der Waals surface area contributed by atoms with E-state index in [1.807, 2.05) is 0 Å². The zero-order valence-corrected chi connectivity index (χ0v) is 15.7. The van der Waals surface area contributed by atoms with Gasteiger partial charge in [0.2, 0.25) is 0 Å². The number of hydrogen-bond acceptors (Lipinski definition) is 6. The fourth-order valence-electron chi connectivity index (χ4n) is 3.01. The first-order valence-corrected chi connectivity index (χ1v) is 8.20. The van der Waals surface area contributed by atoms with Gasteiger partial charge in [-0.05, 0) is 25.1 Å². The lowest BCUT2D eigenvalue weighted by Crippen LogP contribution is -2.38. The van der Waals surface area contributed by atoms with Crippen molar-refractivity contribution in [1.82, 2.24) is 18.7 Å². The SMILES string of the molecule is COc1ccc(C(=O)C(C)n2cnc3c2c(=O)n(C)c(=O)n3C)cc1OC. The number of Topliss-reactive ketones (excluding diaryl/α,β-unsaturated/α-hetero) is 1. The van der Waals surface area contributed by atoms with Crippen LogP contribution in [0.2, 0.25) is 0 Å². The minimum atomic E-state index is -0.710. The van der Waals surface area contributed by atoms with Crippen LogP contribution in [-0.4, -0.2) is 38.7 Å². The minimum absolute atomic E-state index is 0.195. The molecule has 0 fully saturated rings. The van der Waals surface area contributed by atoms with Crippen molar-refractivity contribution < 1.29 is 14.3 Å². The Morgan fingerprint density at radius 1 is 1.07 bits per heavy atom. The van der Waals surface area contributed by atoms with Crippen molar-refractivity contribution >= 4 is 16.9 Å². The molecule has 3 aromatic rings. The molecule has 0 radical (unpaired) electrons. The normalized spacial score (nSPS) is 12.2. The molecule has 9 nitrogen and oxygen atoms in total. The van der Waals surface area contributed by atoms with E-state index in [1.165, 1.54) is 43.8 Å². The van der Waals surface area contributed by atoms with E-state index < -0.39 is 17.3 Å². The molecule has 9 heteroatoms. The lowest BCUT2D eigenvalue weighted by molar-refractivity contribution is 0.0936. The van der Waals surface area contributed by atoms with Gasteiger partial charge in [-0.25, -0.2) is 9.78 Å². The van der Waals surface area contributed by atoms with Gasteiger partial charge in [-0.15, -0.1) is 0 Å². The molecule has 0 spiro atoms. The number of methoxy groups -OCH3 is 2. The third kappa shape index (κ3) is 2.80. The lowest BCUT2D eigenvalue weighted by atomic mass is 10.0. The van der Waals surface area contributed by atoms with E-state index in [1.54, 1.807) is 25.1 Å². The fraction of sp³-hybridized carbons (Fsp3) is 0.333. The summed E-state index contributed by atoms with van der Waals surface area (Å²) in [4.78, 5) is 41.8. The van der Waals surface area contributed by atoms with Crippen molar-refractivity contribution in [2.45, 2.75) is 13.0 Å². The van der Waals surface area contributed by atoms with Crippen LogP contribution in [0.4, 0.5) is 0 Å². The molecule has 0 N–H and O–H groups in total. The van der Waals surface area contributed by atoms with Crippen LogP contribution < -0.4 is 20.7 Å². The molecule has 0 saturated carbocycles. The lowest BCUT2D eigenvalue weighted by Gasteiger charge is -2.15. The Balaban J connectivity index is 2.11. The van der Waals surface area contributed by atoms with Gasteiger partial charge >= 0.3 is 5.69 Å². The molecule has 27 heavy (non-hydrogen) atoms. The molecule has 142 valence electrons. The van der Waals surface area contributed by atoms with Crippen molar-refractivity contribution in [2.24, 2.45) is 14.1 Å². The van der Waals surface area contributed by atoms with Gasteiger partial charge in [0.15, 0.2) is 28.4 Å². The van der Waals surface area contributed by atoms with Gasteiger partial charge in [0, 0.05) is 19.7 Å². The molecule has 1 aromatic carbocycles. The van der Waals surface area contributed by atoms with E-state index in [-0.39, 0.29) is 16.9 Å². The summed E-state index contributed by atoms with van der Waals surface area (Å²) in [7, 11) is 5.92. The van der Waals surface area contributed by atoms with Gasteiger partial charge in [-0.2, -0.15) is 0 Å². The molecule has 1 atom stereocenters. The molecule has 1 unspecified atom stereocenters. The number of carbonyl (C=O) groups excluding carboxylic acids is 1. The number of ketones is 1. The summed E-state index contributed by atoms with van der Waals surface area (Å²) in [5, 5.41) is 0. The van der Waals surface area contributed by atoms with Crippen molar-refractivity contribution in [3.05, 3.63) is 50.9 Å². The standard InChI is InChI=1S/C18H20N4O5/c1-10(15(23)11-6-7-12(26-4)13(8-11)27-5)22-9-19-16-14(22)17(24)21(3)18(25)20(16)2/h6-10H,1-5H3. The molecule has 0 saturated heterocycles.